The van der Waals surface area contributed by atoms with Crippen LogP contribution in [0, 0.1) is 24.4 Å². The van der Waals surface area contributed by atoms with Crippen LogP contribution >= 0.6 is 0 Å². The zero-order chi connectivity index (χ0) is 26.3. The number of pyridine rings is 2. The molecule has 0 saturated heterocycles. The molecule has 2 aromatic carbocycles. The molecule has 0 amide bonds. The molecule has 0 radical (unpaired) electrons. The molecule has 0 aliphatic rings. The van der Waals surface area contributed by atoms with Crippen molar-refractivity contribution in [2.24, 2.45) is 0 Å². The Morgan fingerprint density at radius 1 is 0.946 bits per heavy atom. The number of hydrogen-bond acceptors (Lipinski definition) is 5. The van der Waals surface area contributed by atoms with Gasteiger partial charge in [-0.15, -0.1) is 0 Å². The molecule has 3 aromatic heterocycles. The number of aryl methyl sites for hydroxylation is 1. The second kappa shape index (κ2) is 9.17. The Morgan fingerprint density at radius 2 is 1.73 bits per heavy atom. The summed E-state index contributed by atoms with van der Waals surface area (Å²) in [6.45, 7) is 1.84. The summed E-state index contributed by atoms with van der Waals surface area (Å²) in [6.07, 6.45) is 4.49. The van der Waals surface area contributed by atoms with E-state index in [9.17, 15) is 22.0 Å². The van der Waals surface area contributed by atoms with Crippen LogP contribution in [0.3, 0.4) is 0 Å². The van der Waals surface area contributed by atoms with E-state index in [2.05, 4.69) is 15.0 Å². The number of carbonyl (C=O) groups is 1. The van der Waals surface area contributed by atoms with Crippen molar-refractivity contribution in [1.82, 2.24) is 15.0 Å². The van der Waals surface area contributed by atoms with Gasteiger partial charge >= 0.3 is 0 Å². The summed E-state index contributed by atoms with van der Waals surface area (Å²) < 4.78 is 70.8. The van der Waals surface area contributed by atoms with Gasteiger partial charge < -0.3 is 4.98 Å². The van der Waals surface area contributed by atoms with E-state index in [4.69, 9.17) is 0 Å². The van der Waals surface area contributed by atoms with Crippen molar-refractivity contribution in [3.63, 3.8) is 0 Å². The lowest BCUT2D eigenvalue weighted by Gasteiger charge is -2.12. The molecule has 0 saturated carbocycles. The van der Waals surface area contributed by atoms with Gasteiger partial charge in [0, 0.05) is 46.4 Å². The summed E-state index contributed by atoms with van der Waals surface area (Å²) in [5, 5.41) is 0.313. The maximum Gasteiger partial charge on any atom is 0.262 e. The fourth-order valence-electron chi connectivity index (χ4n) is 3.80. The number of rotatable bonds is 6. The molecule has 3 heterocycles. The van der Waals surface area contributed by atoms with Crippen LogP contribution < -0.4 is 4.72 Å². The number of halogens is 3. The van der Waals surface area contributed by atoms with Gasteiger partial charge in [0.05, 0.1) is 16.1 Å². The van der Waals surface area contributed by atoms with Gasteiger partial charge in [0.2, 0.25) is 5.78 Å². The van der Waals surface area contributed by atoms with Crippen molar-refractivity contribution >= 4 is 32.5 Å². The van der Waals surface area contributed by atoms with E-state index in [1.165, 1.54) is 12.3 Å². The highest BCUT2D eigenvalue weighted by molar-refractivity contribution is 7.92. The molecule has 0 unspecified atom stereocenters. The first-order valence-electron chi connectivity index (χ1n) is 10.9. The molecule has 0 bridgehead atoms. The minimum absolute atomic E-state index is 0.0626. The van der Waals surface area contributed by atoms with Crippen molar-refractivity contribution in [3.05, 3.63) is 107 Å². The Labute approximate surface area is 209 Å². The Bertz CT molecular complexity index is 1790. The lowest BCUT2D eigenvalue weighted by molar-refractivity contribution is 0.103. The normalized spacial score (nSPS) is 11.6. The molecule has 0 fully saturated rings. The molecule has 0 spiro atoms. The Hall–Kier alpha value is -4.51. The first-order chi connectivity index (χ1) is 17.6. The van der Waals surface area contributed by atoms with Crippen LogP contribution in [0.5, 0.6) is 0 Å². The van der Waals surface area contributed by atoms with Gasteiger partial charge in [0.25, 0.3) is 10.0 Å². The molecule has 2 N–H and O–H groups in total. The van der Waals surface area contributed by atoms with Gasteiger partial charge in [0.1, 0.15) is 17.3 Å². The molecular formula is C26H17F3N4O3S. The van der Waals surface area contributed by atoms with Crippen LogP contribution in [0.4, 0.5) is 18.9 Å². The summed E-state index contributed by atoms with van der Waals surface area (Å²) in [5.74, 6) is -4.43. The molecule has 11 heteroatoms. The molecule has 186 valence electrons. The van der Waals surface area contributed by atoms with Crippen molar-refractivity contribution in [2.45, 2.75) is 11.8 Å². The minimum atomic E-state index is -4.43. The Morgan fingerprint density at radius 3 is 2.46 bits per heavy atom. The second-order valence-electron chi connectivity index (χ2n) is 8.19. The predicted molar refractivity (Wildman–Crippen MR) is 131 cm³/mol. The molecule has 5 rings (SSSR count). The van der Waals surface area contributed by atoms with Crippen LogP contribution in [-0.2, 0) is 10.0 Å². The largest absolute Gasteiger partial charge is 0.345 e. The number of aromatic nitrogens is 3. The van der Waals surface area contributed by atoms with Crippen molar-refractivity contribution in [3.8, 4) is 11.1 Å². The number of sulfonamides is 1. The third kappa shape index (κ3) is 4.56. The van der Waals surface area contributed by atoms with Gasteiger partial charge in [-0.05, 0) is 49.4 Å². The van der Waals surface area contributed by atoms with Gasteiger partial charge in [-0.2, -0.15) is 0 Å². The maximum absolute atomic E-state index is 15.4. The highest BCUT2D eigenvalue weighted by Crippen LogP contribution is 2.30. The second-order valence-corrected chi connectivity index (χ2v) is 9.87. The van der Waals surface area contributed by atoms with Crippen LogP contribution in [0.15, 0.2) is 78.1 Å². The van der Waals surface area contributed by atoms with Gasteiger partial charge in [-0.1, -0.05) is 12.1 Å². The fourth-order valence-corrected chi connectivity index (χ4v) is 4.89. The predicted octanol–water partition coefficient (Wildman–Crippen LogP) is 5.38. The number of nitrogens with one attached hydrogen (secondary N) is 2. The van der Waals surface area contributed by atoms with Gasteiger partial charge in [0.15, 0.2) is 5.82 Å². The van der Waals surface area contributed by atoms with Gasteiger partial charge in [-0.25, -0.2) is 26.6 Å². The lowest BCUT2D eigenvalue weighted by atomic mass is 10.00. The average molecular weight is 523 g/mol. The molecule has 0 aliphatic heterocycles. The van der Waals surface area contributed by atoms with E-state index in [1.807, 2.05) is 23.8 Å². The molecule has 7 nitrogen and oxygen atoms in total. The fraction of sp³-hybridized carbons (Fsp3) is 0.0385. The number of aromatic amines is 1. The molecule has 0 aliphatic carbocycles. The summed E-state index contributed by atoms with van der Waals surface area (Å²) in [7, 11) is -4.43. The third-order valence-electron chi connectivity index (χ3n) is 5.69. The molecule has 37 heavy (non-hydrogen) atoms. The maximum atomic E-state index is 15.4. The zero-order valence-corrected chi connectivity index (χ0v) is 19.9. The third-order valence-corrected chi connectivity index (χ3v) is 7.05. The number of benzene rings is 2. The van der Waals surface area contributed by atoms with Crippen LogP contribution in [-0.4, -0.2) is 29.2 Å². The topological polar surface area (TPSA) is 105 Å². The standard InChI is InChI=1S/C26H17F3N4O3S/c1-14-5-6-15(11-30-14)16-9-19-20(13-32-26(19)31-12-16)25(34)23-21(28)7-8-22(24(23)29)33-37(35,36)18-4-2-3-17(27)10-18/h2-13,33H,1H3,(H,31,32). The quantitative estimate of drug-likeness (QED) is 0.291. The number of fused-ring (bicyclic) bond motifs is 1. The van der Waals surface area contributed by atoms with E-state index in [1.54, 1.807) is 18.5 Å². The first kappa shape index (κ1) is 24.2. The number of anilines is 1. The van der Waals surface area contributed by atoms with E-state index in [0.717, 1.165) is 41.6 Å². The minimum Gasteiger partial charge on any atom is -0.345 e. The molecule has 5 aromatic rings. The van der Waals surface area contributed by atoms with Crippen molar-refractivity contribution < 1.29 is 26.4 Å². The summed E-state index contributed by atoms with van der Waals surface area (Å²) >= 11 is 0. The Kier molecular flexibility index (Phi) is 6.00. The van der Waals surface area contributed by atoms with Crippen molar-refractivity contribution in [2.75, 3.05) is 4.72 Å². The van der Waals surface area contributed by atoms with Crippen molar-refractivity contribution in [1.29, 1.82) is 0 Å². The smallest absolute Gasteiger partial charge is 0.262 e. The highest BCUT2D eigenvalue weighted by Gasteiger charge is 2.26. The van der Waals surface area contributed by atoms with Crippen LogP contribution in [0.2, 0.25) is 0 Å². The highest BCUT2D eigenvalue weighted by atomic mass is 32.2. The molecular weight excluding hydrogens is 505 g/mol. The van der Waals surface area contributed by atoms with E-state index in [0.29, 0.717) is 16.6 Å². The summed E-state index contributed by atoms with van der Waals surface area (Å²) in [4.78, 5) is 24.2. The number of nitrogens with zero attached hydrogens (tertiary/aromatic N) is 2. The van der Waals surface area contributed by atoms with E-state index in [-0.39, 0.29) is 5.56 Å². The number of hydrogen-bond donors (Lipinski definition) is 2. The van der Waals surface area contributed by atoms with Gasteiger partial charge in [-0.3, -0.25) is 14.5 Å². The number of H-pyrrole nitrogens is 1. The number of carbonyl (C=O) groups excluding carboxylic acids is 1. The summed E-state index contributed by atoms with van der Waals surface area (Å²) in [5.41, 5.74) is 0.801. The van der Waals surface area contributed by atoms with Crippen LogP contribution in [0.25, 0.3) is 22.2 Å². The van der Waals surface area contributed by atoms with E-state index < -0.39 is 49.4 Å². The average Bonchev–Trinajstić information content (AvgIpc) is 3.29. The van der Waals surface area contributed by atoms with E-state index >= 15 is 4.39 Å². The summed E-state index contributed by atoms with van der Waals surface area (Å²) in [6, 6.07) is 11.0. The Balaban J connectivity index is 1.55. The molecule has 0 atom stereocenters. The lowest BCUT2D eigenvalue weighted by Crippen LogP contribution is -2.16. The zero-order valence-electron chi connectivity index (χ0n) is 19.1. The first-order valence-corrected chi connectivity index (χ1v) is 12.3. The SMILES string of the molecule is Cc1ccc(-c2cnc3[nH]cc(C(=O)c4c(F)ccc(NS(=O)(=O)c5cccc(F)c5)c4F)c3c2)cn1. The van der Waals surface area contributed by atoms with Crippen LogP contribution in [0.1, 0.15) is 21.6 Å². The number of ketones is 1. The monoisotopic (exact) mass is 522 g/mol.